The smallest absolute Gasteiger partial charge is 0.248 e. The fourth-order valence-corrected chi connectivity index (χ4v) is 4.17. The molecule has 0 bridgehead atoms. The number of aromatic nitrogens is 6. The summed E-state index contributed by atoms with van der Waals surface area (Å²) < 4.78 is 9.56. The van der Waals surface area contributed by atoms with Gasteiger partial charge in [0.15, 0.2) is 5.82 Å². The van der Waals surface area contributed by atoms with Crippen molar-refractivity contribution in [3.8, 4) is 34.1 Å². The number of hydrogen-bond acceptors (Lipinski definition) is 7. The summed E-state index contributed by atoms with van der Waals surface area (Å²) in [4.78, 5) is 24.9. The topological polar surface area (TPSA) is 126 Å². The molecule has 0 unspecified atom stereocenters. The largest absolute Gasteiger partial charge is 0.439 e. The second-order valence-electron chi connectivity index (χ2n) is 8.22. The second-order valence-corrected chi connectivity index (χ2v) is 8.22. The van der Waals surface area contributed by atoms with E-state index in [1.807, 2.05) is 61.0 Å². The lowest BCUT2D eigenvalue weighted by Crippen LogP contribution is -2.07. The van der Waals surface area contributed by atoms with Crippen LogP contribution in [0.2, 0.25) is 0 Å². The van der Waals surface area contributed by atoms with E-state index in [1.54, 1.807) is 17.8 Å². The number of nitrogens with two attached hydrogens (primary N) is 1. The maximum atomic E-state index is 11.8. The zero-order valence-electron chi connectivity index (χ0n) is 20.1. The van der Waals surface area contributed by atoms with E-state index in [9.17, 15) is 4.79 Å². The van der Waals surface area contributed by atoms with Gasteiger partial charge in [0, 0.05) is 37.5 Å². The van der Waals surface area contributed by atoms with E-state index in [1.165, 1.54) is 12.4 Å². The Morgan fingerprint density at radius 2 is 1.92 bits per heavy atom. The van der Waals surface area contributed by atoms with Crippen molar-refractivity contribution in [1.82, 2.24) is 29.3 Å². The first-order valence-electron chi connectivity index (χ1n) is 11.1. The number of benzene rings is 1. The number of carbonyl (C=O) groups excluding carboxylic acids is 1. The molecule has 0 atom stereocenters. The Balaban J connectivity index is 1.64. The Labute approximate surface area is 207 Å². The molecule has 0 saturated heterocycles. The number of fused-ring (bicyclic) bond motifs is 1. The summed E-state index contributed by atoms with van der Waals surface area (Å²) in [6.45, 7) is 5.41. The van der Waals surface area contributed by atoms with E-state index in [0.717, 1.165) is 33.6 Å². The minimum Gasteiger partial charge on any atom is -0.439 e. The lowest BCUT2D eigenvalue weighted by Gasteiger charge is -2.10. The maximum absolute atomic E-state index is 11.8. The summed E-state index contributed by atoms with van der Waals surface area (Å²) in [7, 11) is 3.71. The minimum absolute atomic E-state index is 0.342. The van der Waals surface area contributed by atoms with Gasteiger partial charge in [-0.05, 0) is 36.8 Å². The van der Waals surface area contributed by atoms with Gasteiger partial charge in [0.05, 0.1) is 16.8 Å². The standard InChI is InChI=1S/C26H24N8O2/c1-5-20(35)31-19-13-18(34(4)32-19)24-22(23-25(27)28-14-29-26(23)33(24)3)16-9-11-17(12-10-16)36-21-8-6-7-15(2)30-21/h5-14H,1H2,2-4H3,(H2,27,28,29)(H,31,32,35). The van der Waals surface area contributed by atoms with Crippen LogP contribution in [0.3, 0.4) is 0 Å². The molecule has 0 radical (unpaired) electrons. The normalized spacial score (nSPS) is 11.0. The van der Waals surface area contributed by atoms with Gasteiger partial charge in [-0.3, -0.25) is 9.48 Å². The van der Waals surface area contributed by atoms with Crippen LogP contribution in [0.1, 0.15) is 5.69 Å². The molecule has 0 spiro atoms. The SMILES string of the molecule is C=CC(=O)Nc1cc(-c2c(-c3ccc(Oc4cccc(C)n4)cc3)c3c(N)ncnc3n2C)n(C)n1. The van der Waals surface area contributed by atoms with E-state index in [0.29, 0.717) is 28.9 Å². The molecule has 0 fully saturated rings. The van der Waals surface area contributed by atoms with Crippen molar-refractivity contribution in [1.29, 1.82) is 0 Å². The van der Waals surface area contributed by atoms with Gasteiger partial charge in [0.25, 0.3) is 0 Å². The molecule has 0 saturated carbocycles. The van der Waals surface area contributed by atoms with Crippen molar-refractivity contribution in [2.24, 2.45) is 14.1 Å². The Bertz CT molecular complexity index is 1620. The van der Waals surface area contributed by atoms with Crippen LogP contribution in [-0.2, 0) is 18.9 Å². The molecule has 10 heteroatoms. The van der Waals surface area contributed by atoms with Crippen LogP contribution < -0.4 is 15.8 Å². The molecule has 1 aromatic carbocycles. The average Bonchev–Trinajstić information content (AvgIpc) is 3.36. The number of hydrogen-bond donors (Lipinski definition) is 2. The number of carbonyl (C=O) groups is 1. The summed E-state index contributed by atoms with van der Waals surface area (Å²) in [6, 6.07) is 15.1. The van der Waals surface area contributed by atoms with Crippen LogP contribution in [0.5, 0.6) is 11.6 Å². The first-order chi connectivity index (χ1) is 17.4. The van der Waals surface area contributed by atoms with E-state index >= 15 is 0 Å². The van der Waals surface area contributed by atoms with Gasteiger partial charge in [-0.1, -0.05) is 24.8 Å². The maximum Gasteiger partial charge on any atom is 0.248 e. The van der Waals surface area contributed by atoms with Crippen molar-refractivity contribution in [2.75, 3.05) is 11.1 Å². The zero-order valence-corrected chi connectivity index (χ0v) is 20.1. The van der Waals surface area contributed by atoms with E-state index in [2.05, 4.69) is 31.9 Å². The number of rotatable bonds is 6. The van der Waals surface area contributed by atoms with Gasteiger partial charge in [0.2, 0.25) is 11.8 Å². The minimum atomic E-state index is -0.342. The molecule has 5 aromatic rings. The molecule has 0 aliphatic heterocycles. The summed E-state index contributed by atoms with van der Waals surface area (Å²) in [5.41, 5.74) is 11.2. The van der Waals surface area contributed by atoms with Crippen LogP contribution in [0.15, 0.2) is 67.5 Å². The third-order valence-electron chi connectivity index (χ3n) is 5.78. The van der Waals surface area contributed by atoms with Gasteiger partial charge in [-0.25, -0.2) is 15.0 Å². The molecule has 0 aliphatic carbocycles. The van der Waals surface area contributed by atoms with Crippen molar-refractivity contribution in [2.45, 2.75) is 6.92 Å². The quantitative estimate of drug-likeness (QED) is 0.348. The first kappa shape index (κ1) is 22.8. The highest BCUT2D eigenvalue weighted by Gasteiger charge is 2.24. The van der Waals surface area contributed by atoms with Crippen molar-refractivity contribution < 1.29 is 9.53 Å². The monoisotopic (exact) mass is 480 g/mol. The summed E-state index contributed by atoms with van der Waals surface area (Å²) in [5.74, 6) is 1.60. The number of pyridine rings is 1. The highest BCUT2D eigenvalue weighted by molar-refractivity contribution is 6.07. The number of ether oxygens (including phenoxy) is 1. The van der Waals surface area contributed by atoms with Crippen LogP contribution >= 0.6 is 0 Å². The molecule has 36 heavy (non-hydrogen) atoms. The van der Waals surface area contributed by atoms with Crippen LogP contribution in [-0.4, -0.2) is 35.2 Å². The van der Waals surface area contributed by atoms with E-state index in [4.69, 9.17) is 10.5 Å². The van der Waals surface area contributed by atoms with Crippen molar-refractivity contribution >= 4 is 28.6 Å². The zero-order chi connectivity index (χ0) is 25.4. The van der Waals surface area contributed by atoms with Gasteiger partial charge in [-0.2, -0.15) is 5.10 Å². The van der Waals surface area contributed by atoms with E-state index in [-0.39, 0.29) is 5.91 Å². The van der Waals surface area contributed by atoms with Gasteiger partial charge >= 0.3 is 0 Å². The number of amides is 1. The number of nitrogens with zero attached hydrogens (tertiary/aromatic N) is 6. The van der Waals surface area contributed by atoms with Crippen molar-refractivity contribution in [3.63, 3.8) is 0 Å². The molecule has 3 N–H and O–H groups in total. The lowest BCUT2D eigenvalue weighted by molar-refractivity contribution is -0.111. The Morgan fingerprint density at radius 3 is 2.64 bits per heavy atom. The van der Waals surface area contributed by atoms with Gasteiger partial charge in [-0.15, -0.1) is 0 Å². The predicted molar refractivity (Wildman–Crippen MR) is 138 cm³/mol. The van der Waals surface area contributed by atoms with Crippen LogP contribution in [0.25, 0.3) is 33.5 Å². The molecular formula is C26H24N8O2. The Kier molecular flexibility index (Phi) is 5.69. The highest BCUT2D eigenvalue weighted by Crippen LogP contribution is 2.42. The summed E-state index contributed by atoms with van der Waals surface area (Å²) in [5, 5.41) is 7.87. The lowest BCUT2D eigenvalue weighted by atomic mass is 10.0. The first-order valence-corrected chi connectivity index (χ1v) is 11.1. The molecule has 1 amide bonds. The molecule has 4 aromatic heterocycles. The highest BCUT2D eigenvalue weighted by atomic mass is 16.5. The Morgan fingerprint density at radius 1 is 1.14 bits per heavy atom. The summed E-state index contributed by atoms with van der Waals surface area (Å²) >= 11 is 0. The van der Waals surface area contributed by atoms with E-state index < -0.39 is 0 Å². The Hall–Kier alpha value is -4.99. The number of aryl methyl sites for hydroxylation is 3. The number of anilines is 2. The second kappa shape index (κ2) is 8.99. The predicted octanol–water partition coefficient (Wildman–Crippen LogP) is 4.24. The van der Waals surface area contributed by atoms with Gasteiger partial charge < -0.3 is 20.4 Å². The fourth-order valence-electron chi connectivity index (χ4n) is 4.17. The third kappa shape index (κ3) is 4.05. The fraction of sp³-hybridized carbons (Fsp3) is 0.115. The van der Waals surface area contributed by atoms with Gasteiger partial charge in [0.1, 0.15) is 23.5 Å². The molecule has 5 rings (SSSR count). The van der Waals surface area contributed by atoms with Crippen LogP contribution in [0.4, 0.5) is 11.6 Å². The van der Waals surface area contributed by atoms with Crippen molar-refractivity contribution in [3.05, 3.63) is 73.2 Å². The molecule has 4 heterocycles. The summed E-state index contributed by atoms with van der Waals surface area (Å²) in [6.07, 6.45) is 2.64. The molecule has 10 nitrogen and oxygen atoms in total. The van der Waals surface area contributed by atoms with Crippen LogP contribution in [0, 0.1) is 6.92 Å². The molecule has 180 valence electrons. The third-order valence-corrected chi connectivity index (χ3v) is 5.78. The average molecular weight is 481 g/mol. The number of nitrogen functional groups attached to an aromatic ring is 1. The molecular weight excluding hydrogens is 456 g/mol. The number of nitrogens with one attached hydrogen (secondary N) is 1. The molecule has 0 aliphatic rings.